The van der Waals surface area contributed by atoms with E-state index in [1.54, 1.807) is 14.2 Å². The van der Waals surface area contributed by atoms with Crippen LogP contribution in [0.25, 0.3) is 0 Å². The highest BCUT2D eigenvalue weighted by molar-refractivity contribution is 5.97. The quantitative estimate of drug-likeness (QED) is 0.619. The van der Waals surface area contributed by atoms with Crippen molar-refractivity contribution in [2.45, 2.75) is 19.4 Å². The molecule has 1 saturated heterocycles. The van der Waals surface area contributed by atoms with Crippen LogP contribution in [0.15, 0.2) is 18.2 Å². The maximum Gasteiger partial charge on any atom is 0.130 e. The molecule has 5 heteroatoms. The van der Waals surface area contributed by atoms with Crippen molar-refractivity contribution in [1.82, 2.24) is 4.90 Å². The van der Waals surface area contributed by atoms with E-state index in [1.807, 2.05) is 18.2 Å². The number of nitrogen functional groups attached to an aromatic ring is 1. The van der Waals surface area contributed by atoms with Gasteiger partial charge in [-0.05, 0) is 49.5 Å². The van der Waals surface area contributed by atoms with Crippen LogP contribution in [0.1, 0.15) is 24.0 Å². The summed E-state index contributed by atoms with van der Waals surface area (Å²) < 4.78 is 10.6. The van der Waals surface area contributed by atoms with Gasteiger partial charge in [-0.3, -0.25) is 10.3 Å². The number of rotatable bonds is 6. The fourth-order valence-electron chi connectivity index (χ4n) is 2.86. The average molecular weight is 291 g/mol. The SMILES string of the molecule is COCC1CCN(Cc2ccc(C(=N)N)c(OC)c2)CC1. The summed E-state index contributed by atoms with van der Waals surface area (Å²) in [5.41, 5.74) is 7.40. The second-order valence-corrected chi connectivity index (χ2v) is 5.62. The number of hydrogen-bond acceptors (Lipinski definition) is 4. The number of amidine groups is 1. The molecule has 3 N–H and O–H groups in total. The number of ether oxygens (including phenoxy) is 2. The minimum atomic E-state index is 0.0405. The summed E-state index contributed by atoms with van der Waals surface area (Å²) in [5.74, 6) is 1.41. The van der Waals surface area contributed by atoms with Crippen molar-refractivity contribution >= 4 is 5.84 Å². The Morgan fingerprint density at radius 3 is 2.62 bits per heavy atom. The van der Waals surface area contributed by atoms with E-state index in [1.165, 1.54) is 18.4 Å². The number of nitrogens with one attached hydrogen (secondary N) is 1. The lowest BCUT2D eigenvalue weighted by molar-refractivity contribution is 0.0968. The van der Waals surface area contributed by atoms with Gasteiger partial charge in [0, 0.05) is 20.3 Å². The number of nitrogens with two attached hydrogens (primary N) is 1. The summed E-state index contributed by atoms with van der Waals surface area (Å²) in [4.78, 5) is 2.45. The van der Waals surface area contributed by atoms with E-state index in [-0.39, 0.29) is 5.84 Å². The van der Waals surface area contributed by atoms with Crippen molar-refractivity contribution in [1.29, 1.82) is 5.41 Å². The number of methoxy groups -OCH3 is 2. The van der Waals surface area contributed by atoms with E-state index >= 15 is 0 Å². The minimum absolute atomic E-state index is 0.0405. The first-order chi connectivity index (χ1) is 10.1. The second kappa shape index (κ2) is 7.43. The maximum atomic E-state index is 7.54. The molecular weight excluding hydrogens is 266 g/mol. The molecule has 0 bridgehead atoms. The van der Waals surface area contributed by atoms with E-state index in [9.17, 15) is 0 Å². The van der Waals surface area contributed by atoms with Crippen molar-refractivity contribution in [2.75, 3.05) is 33.9 Å². The van der Waals surface area contributed by atoms with Crippen LogP contribution < -0.4 is 10.5 Å². The van der Waals surface area contributed by atoms with Gasteiger partial charge in [0.25, 0.3) is 0 Å². The molecule has 0 aliphatic carbocycles. The predicted octanol–water partition coefficient (Wildman–Crippen LogP) is 1.84. The smallest absolute Gasteiger partial charge is 0.130 e. The molecule has 1 aromatic carbocycles. The molecule has 0 saturated carbocycles. The van der Waals surface area contributed by atoms with Crippen LogP contribution in [0.5, 0.6) is 5.75 Å². The van der Waals surface area contributed by atoms with Gasteiger partial charge in [0.2, 0.25) is 0 Å². The molecule has 21 heavy (non-hydrogen) atoms. The van der Waals surface area contributed by atoms with E-state index < -0.39 is 0 Å². The van der Waals surface area contributed by atoms with E-state index in [0.717, 1.165) is 26.2 Å². The van der Waals surface area contributed by atoms with Crippen LogP contribution in [0.2, 0.25) is 0 Å². The van der Waals surface area contributed by atoms with Crippen molar-refractivity contribution in [3.05, 3.63) is 29.3 Å². The highest BCUT2D eigenvalue weighted by Gasteiger charge is 2.19. The summed E-state index contributed by atoms with van der Waals surface area (Å²) in [6, 6.07) is 5.88. The molecule has 1 aromatic rings. The lowest BCUT2D eigenvalue weighted by Gasteiger charge is -2.31. The molecule has 1 aliphatic heterocycles. The Morgan fingerprint density at radius 2 is 2.05 bits per heavy atom. The summed E-state index contributed by atoms with van der Waals surface area (Å²) >= 11 is 0. The molecule has 0 amide bonds. The standard InChI is InChI=1S/C16H25N3O2/c1-20-11-12-5-7-19(8-6-12)10-13-3-4-14(16(17)18)15(9-13)21-2/h3-4,9,12H,5-8,10-11H2,1-2H3,(H3,17,18). The first kappa shape index (κ1) is 15.8. The zero-order chi connectivity index (χ0) is 15.2. The first-order valence-electron chi connectivity index (χ1n) is 7.36. The number of likely N-dealkylation sites (tertiary alicyclic amines) is 1. The van der Waals surface area contributed by atoms with Crippen LogP contribution >= 0.6 is 0 Å². The van der Waals surface area contributed by atoms with Crippen LogP contribution in [0, 0.1) is 11.3 Å². The topological polar surface area (TPSA) is 71.6 Å². The van der Waals surface area contributed by atoms with E-state index in [0.29, 0.717) is 17.2 Å². The summed E-state index contributed by atoms with van der Waals surface area (Å²) in [6.07, 6.45) is 2.38. The van der Waals surface area contributed by atoms with Gasteiger partial charge < -0.3 is 15.2 Å². The summed E-state index contributed by atoms with van der Waals surface area (Å²) in [7, 11) is 3.39. The van der Waals surface area contributed by atoms with Gasteiger partial charge in [0.15, 0.2) is 0 Å². The van der Waals surface area contributed by atoms with Gasteiger partial charge in [0.05, 0.1) is 12.7 Å². The predicted molar refractivity (Wildman–Crippen MR) is 83.9 cm³/mol. The fraction of sp³-hybridized carbons (Fsp3) is 0.562. The van der Waals surface area contributed by atoms with Gasteiger partial charge in [-0.1, -0.05) is 6.07 Å². The lowest BCUT2D eigenvalue weighted by atomic mass is 9.97. The van der Waals surface area contributed by atoms with E-state index in [4.69, 9.17) is 20.6 Å². The second-order valence-electron chi connectivity index (χ2n) is 5.62. The van der Waals surface area contributed by atoms with E-state index in [2.05, 4.69) is 4.90 Å². The van der Waals surface area contributed by atoms with Crippen LogP contribution in [-0.4, -0.2) is 44.7 Å². The molecule has 0 radical (unpaired) electrons. The largest absolute Gasteiger partial charge is 0.496 e. The molecule has 1 heterocycles. The molecule has 1 aliphatic rings. The Balaban J connectivity index is 1.96. The molecule has 0 aromatic heterocycles. The molecule has 116 valence electrons. The molecule has 5 nitrogen and oxygen atoms in total. The number of hydrogen-bond donors (Lipinski definition) is 2. The first-order valence-corrected chi connectivity index (χ1v) is 7.36. The molecule has 0 spiro atoms. The summed E-state index contributed by atoms with van der Waals surface area (Å²) in [5, 5.41) is 7.54. The van der Waals surface area contributed by atoms with Crippen molar-refractivity contribution in [3.63, 3.8) is 0 Å². The van der Waals surface area contributed by atoms with Crippen LogP contribution in [0.3, 0.4) is 0 Å². The zero-order valence-corrected chi connectivity index (χ0v) is 12.9. The van der Waals surface area contributed by atoms with Crippen LogP contribution in [-0.2, 0) is 11.3 Å². The van der Waals surface area contributed by atoms with Crippen molar-refractivity contribution in [2.24, 2.45) is 11.7 Å². The third-order valence-electron chi connectivity index (χ3n) is 4.07. The third-order valence-corrected chi connectivity index (χ3v) is 4.07. The normalized spacial score (nSPS) is 16.9. The Labute approximate surface area is 126 Å². The van der Waals surface area contributed by atoms with Gasteiger partial charge in [-0.15, -0.1) is 0 Å². The zero-order valence-electron chi connectivity index (χ0n) is 12.9. The van der Waals surface area contributed by atoms with Crippen LogP contribution in [0.4, 0.5) is 0 Å². The minimum Gasteiger partial charge on any atom is -0.496 e. The van der Waals surface area contributed by atoms with Gasteiger partial charge in [-0.25, -0.2) is 0 Å². The average Bonchev–Trinajstić information content (AvgIpc) is 2.49. The Morgan fingerprint density at radius 1 is 1.33 bits per heavy atom. The fourth-order valence-corrected chi connectivity index (χ4v) is 2.86. The number of benzene rings is 1. The maximum absolute atomic E-state index is 7.54. The molecule has 1 fully saturated rings. The molecule has 0 atom stereocenters. The van der Waals surface area contributed by atoms with Gasteiger partial charge in [-0.2, -0.15) is 0 Å². The Kier molecular flexibility index (Phi) is 5.59. The molecular formula is C16H25N3O2. The lowest BCUT2D eigenvalue weighted by Crippen LogP contribution is -2.34. The monoisotopic (exact) mass is 291 g/mol. The van der Waals surface area contributed by atoms with Crippen molar-refractivity contribution < 1.29 is 9.47 Å². The number of nitrogens with zero attached hydrogens (tertiary/aromatic N) is 1. The third kappa shape index (κ3) is 4.19. The molecule has 2 rings (SSSR count). The highest BCUT2D eigenvalue weighted by Crippen LogP contribution is 2.23. The molecule has 0 unspecified atom stereocenters. The highest BCUT2D eigenvalue weighted by atomic mass is 16.5. The van der Waals surface area contributed by atoms with Crippen molar-refractivity contribution in [3.8, 4) is 5.75 Å². The number of piperidine rings is 1. The Hall–Kier alpha value is -1.59. The van der Waals surface area contributed by atoms with Gasteiger partial charge in [0.1, 0.15) is 11.6 Å². The van der Waals surface area contributed by atoms with Gasteiger partial charge >= 0.3 is 0 Å². The summed E-state index contributed by atoms with van der Waals surface area (Å²) in [6.45, 7) is 3.98. The Bertz CT molecular complexity index is 482.